The number of hydrogen-bond acceptors (Lipinski definition) is 2. The van der Waals surface area contributed by atoms with E-state index in [1.54, 1.807) is 0 Å². The van der Waals surface area contributed by atoms with Gasteiger partial charge in [-0.15, -0.1) is 0 Å². The van der Waals surface area contributed by atoms with Crippen molar-refractivity contribution in [2.45, 2.75) is 32.3 Å². The number of nitrogens with one attached hydrogen (secondary N) is 1. The van der Waals surface area contributed by atoms with Gasteiger partial charge in [0.1, 0.15) is 0 Å². The molecule has 70 valence electrons. The second kappa shape index (κ2) is 3.75. The van der Waals surface area contributed by atoms with E-state index in [9.17, 15) is 0 Å². The molecule has 0 saturated carbocycles. The Balaban J connectivity index is 1.85. The zero-order valence-corrected chi connectivity index (χ0v) is 7.88. The normalized spacial score (nSPS) is 43.2. The molecule has 0 aromatic rings. The highest BCUT2D eigenvalue weighted by molar-refractivity contribution is 4.81. The third-order valence-electron chi connectivity index (χ3n) is 3.29. The Labute approximate surface area is 74.7 Å². The second-order valence-electron chi connectivity index (χ2n) is 4.22. The molecule has 0 aliphatic carbocycles. The van der Waals surface area contributed by atoms with Crippen LogP contribution in [0.2, 0.25) is 0 Å². The molecule has 2 saturated heterocycles. The van der Waals surface area contributed by atoms with Gasteiger partial charge in [-0.1, -0.05) is 0 Å². The van der Waals surface area contributed by atoms with E-state index in [2.05, 4.69) is 12.2 Å². The van der Waals surface area contributed by atoms with Crippen LogP contribution in [-0.4, -0.2) is 25.8 Å². The summed E-state index contributed by atoms with van der Waals surface area (Å²) in [6, 6.07) is 0. The molecular formula is C10H19NO. The Kier molecular flexibility index (Phi) is 2.66. The van der Waals surface area contributed by atoms with Crippen LogP contribution in [0, 0.1) is 11.8 Å². The van der Waals surface area contributed by atoms with Crippen molar-refractivity contribution in [1.29, 1.82) is 0 Å². The second-order valence-corrected chi connectivity index (χ2v) is 4.22. The van der Waals surface area contributed by atoms with Crippen LogP contribution in [0.1, 0.15) is 26.2 Å². The van der Waals surface area contributed by atoms with Crippen LogP contribution in [0.3, 0.4) is 0 Å². The molecule has 0 aromatic heterocycles. The maximum atomic E-state index is 5.55. The summed E-state index contributed by atoms with van der Waals surface area (Å²) in [6.07, 6.45) is 4.46. The number of hydrogen-bond donors (Lipinski definition) is 1. The lowest BCUT2D eigenvalue weighted by molar-refractivity contribution is -0.00969. The van der Waals surface area contributed by atoms with Crippen LogP contribution in [0.15, 0.2) is 0 Å². The molecule has 0 amide bonds. The largest absolute Gasteiger partial charge is 0.378 e. The molecule has 2 aliphatic heterocycles. The zero-order valence-electron chi connectivity index (χ0n) is 7.88. The summed E-state index contributed by atoms with van der Waals surface area (Å²) < 4.78 is 5.55. The fourth-order valence-corrected chi connectivity index (χ4v) is 2.54. The fourth-order valence-electron chi connectivity index (χ4n) is 2.54. The minimum atomic E-state index is 0.504. The summed E-state index contributed by atoms with van der Waals surface area (Å²) in [6.45, 7) is 5.67. The maximum absolute atomic E-state index is 5.55. The molecule has 12 heavy (non-hydrogen) atoms. The summed E-state index contributed by atoms with van der Waals surface area (Å²) in [5.41, 5.74) is 0. The van der Waals surface area contributed by atoms with Crippen molar-refractivity contribution >= 4 is 0 Å². The molecule has 0 bridgehead atoms. The molecule has 2 nitrogen and oxygen atoms in total. The quantitative estimate of drug-likeness (QED) is 0.641. The minimum absolute atomic E-state index is 0.504. The lowest BCUT2D eigenvalue weighted by atomic mass is 9.83. The first-order valence-electron chi connectivity index (χ1n) is 5.18. The fraction of sp³-hybridized carbons (Fsp3) is 1.00. The molecule has 2 heteroatoms. The van der Waals surface area contributed by atoms with Crippen LogP contribution in [0.5, 0.6) is 0 Å². The van der Waals surface area contributed by atoms with Gasteiger partial charge in [-0.2, -0.15) is 0 Å². The highest BCUT2D eigenvalue weighted by atomic mass is 16.5. The first-order chi connectivity index (χ1) is 5.86. The van der Waals surface area contributed by atoms with E-state index >= 15 is 0 Å². The van der Waals surface area contributed by atoms with Gasteiger partial charge in [-0.25, -0.2) is 0 Å². The molecular weight excluding hydrogens is 150 g/mol. The standard InChI is InChI=1S/C10H19NO/c1-8-6-9(3-5-12-8)10-2-4-11-7-10/h8-11H,2-7H2,1H3. The molecule has 0 spiro atoms. The van der Waals surface area contributed by atoms with Crippen molar-refractivity contribution in [1.82, 2.24) is 5.32 Å². The van der Waals surface area contributed by atoms with Gasteiger partial charge in [0.25, 0.3) is 0 Å². The lowest BCUT2D eigenvalue weighted by Gasteiger charge is -2.31. The maximum Gasteiger partial charge on any atom is 0.0549 e. The molecule has 3 unspecified atom stereocenters. The van der Waals surface area contributed by atoms with Gasteiger partial charge < -0.3 is 10.1 Å². The minimum Gasteiger partial charge on any atom is -0.378 e. The molecule has 2 rings (SSSR count). The summed E-state index contributed by atoms with van der Waals surface area (Å²) in [5, 5.41) is 3.44. The van der Waals surface area contributed by atoms with Crippen LogP contribution in [0.4, 0.5) is 0 Å². The topological polar surface area (TPSA) is 21.3 Å². The Morgan fingerprint density at radius 3 is 2.83 bits per heavy atom. The molecule has 3 atom stereocenters. The van der Waals surface area contributed by atoms with E-state index in [4.69, 9.17) is 4.74 Å². The monoisotopic (exact) mass is 169 g/mol. The molecule has 2 fully saturated rings. The van der Waals surface area contributed by atoms with E-state index in [1.807, 2.05) is 0 Å². The smallest absolute Gasteiger partial charge is 0.0549 e. The van der Waals surface area contributed by atoms with Crippen molar-refractivity contribution in [3.63, 3.8) is 0 Å². The third-order valence-corrected chi connectivity index (χ3v) is 3.29. The van der Waals surface area contributed by atoms with E-state index in [1.165, 1.54) is 32.4 Å². The van der Waals surface area contributed by atoms with Crippen LogP contribution in [-0.2, 0) is 4.74 Å². The van der Waals surface area contributed by atoms with Gasteiger partial charge in [0.05, 0.1) is 6.10 Å². The van der Waals surface area contributed by atoms with Gasteiger partial charge in [0, 0.05) is 6.61 Å². The lowest BCUT2D eigenvalue weighted by Crippen LogP contribution is -2.29. The highest BCUT2D eigenvalue weighted by Gasteiger charge is 2.28. The summed E-state index contributed by atoms with van der Waals surface area (Å²) in [4.78, 5) is 0. The van der Waals surface area contributed by atoms with Crippen molar-refractivity contribution in [2.24, 2.45) is 11.8 Å². The van der Waals surface area contributed by atoms with Crippen molar-refractivity contribution in [3.05, 3.63) is 0 Å². The average molecular weight is 169 g/mol. The van der Waals surface area contributed by atoms with Crippen molar-refractivity contribution in [3.8, 4) is 0 Å². The highest BCUT2D eigenvalue weighted by Crippen LogP contribution is 2.30. The Morgan fingerprint density at radius 1 is 1.25 bits per heavy atom. The van der Waals surface area contributed by atoms with Gasteiger partial charge in [-0.05, 0) is 51.1 Å². The summed E-state index contributed by atoms with van der Waals surface area (Å²) >= 11 is 0. The van der Waals surface area contributed by atoms with Crippen molar-refractivity contribution in [2.75, 3.05) is 19.7 Å². The van der Waals surface area contributed by atoms with E-state index < -0.39 is 0 Å². The Morgan fingerprint density at radius 2 is 2.17 bits per heavy atom. The van der Waals surface area contributed by atoms with E-state index in [0.717, 1.165) is 18.4 Å². The predicted molar refractivity (Wildman–Crippen MR) is 49.1 cm³/mol. The molecule has 0 radical (unpaired) electrons. The van der Waals surface area contributed by atoms with Crippen molar-refractivity contribution < 1.29 is 4.74 Å². The van der Waals surface area contributed by atoms with Crippen LogP contribution >= 0.6 is 0 Å². The van der Waals surface area contributed by atoms with Gasteiger partial charge >= 0.3 is 0 Å². The first-order valence-corrected chi connectivity index (χ1v) is 5.18. The molecule has 1 N–H and O–H groups in total. The first kappa shape index (κ1) is 8.52. The summed E-state index contributed by atoms with van der Waals surface area (Å²) in [5.74, 6) is 1.88. The van der Waals surface area contributed by atoms with E-state index in [-0.39, 0.29) is 0 Å². The van der Waals surface area contributed by atoms with Gasteiger partial charge in [0.15, 0.2) is 0 Å². The predicted octanol–water partition coefficient (Wildman–Crippen LogP) is 1.41. The Bertz CT molecular complexity index is 143. The van der Waals surface area contributed by atoms with Crippen LogP contribution < -0.4 is 5.32 Å². The number of rotatable bonds is 1. The zero-order chi connectivity index (χ0) is 8.39. The van der Waals surface area contributed by atoms with Crippen LogP contribution in [0.25, 0.3) is 0 Å². The van der Waals surface area contributed by atoms with Gasteiger partial charge in [-0.3, -0.25) is 0 Å². The Hall–Kier alpha value is -0.0800. The molecule has 2 aliphatic rings. The molecule has 0 aromatic carbocycles. The average Bonchev–Trinajstić information content (AvgIpc) is 2.56. The summed E-state index contributed by atoms with van der Waals surface area (Å²) in [7, 11) is 0. The third kappa shape index (κ3) is 1.80. The number of ether oxygens (including phenoxy) is 1. The van der Waals surface area contributed by atoms with Gasteiger partial charge in [0.2, 0.25) is 0 Å². The molecule has 2 heterocycles. The van der Waals surface area contributed by atoms with E-state index in [0.29, 0.717) is 6.10 Å². The SMILES string of the molecule is CC1CC(C2CCNC2)CCO1.